The third-order valence-corrected chi connectivity index (χ3v) is 3.29. The first kappa shape index (κ1) is 16.4. The van der Waals surface area contributed by atoms with Crippen molar-refractivity contribution in [1.29, 1.82) is 0 Å². The molecule has 0 aromatic heterocycles. The minimum Gasteiger partial charge on any atom is -0.341 e. The Kier molecular flexibility index (Phi) is 7.43. The first-order chi connectivity index (χ1) is 7.56. The Labute approximate surface area is 117 Å². The molecule has 96 valence electrons. The first-order valence-corrected chi connectivity index (χ1v) is 6.04. The molecule has 1 aromatic carbocycles. The predicted octanol–water partition coefficient (Wildman–Crippen LogP) is 2.42. The van der Waals surface area contributed by atoms with E-state index in [0.717, 1.165) is 10.0 Å². The van der Waals surface area contributed by atoms with Crippen LogP contribution < -0.4 is 5.73 Å². The van der Waals surface area contributed by atoms with E-state index in [4.69, 9.17) is 5.73 Å². The molecule has 1 rings (SSSR count). The van der Waals surface area contributed by atoms with Gasteiger partial charge in [0.15, 0.2) is 0 Å². The number of benzene rings is 1. The molecular formula is C12H18BrClN2O. The second kappa shape index (κ2) is 7.69. The van der Waals surface area contributed by atoms with E-state index in [1.165, 1.54) is 0 Å². The van der Waals surface area contributed by atoms with E-state index in [9.17, 15) is 4.79 Å². The van der Waals surface area contributed by atoms with Crippen LogP contribution in [0.4, 0.5) is 0 Å². The molecule has 17 heavy (non-hydrogen) atoms. The van der Waals surface area contributed by atoms with Crippen LogP contribution in [0.3, 0.4) is 0 Å². The Morgan fingerprint density at radius 3 is 2.59 bits per heavy atom. The molecule has 0 spiro atoms. The molecule has 5 heteroatoms. The summed E-state index contributed by atoms with van der Waals surface area (Å²) in [4.78, 5) is 13.5. The van der Waals surface area contributed by atoms with Gasteiger partial charge in [-0.05, 0) is 11.6 Å². The fraction of sp³-hybridized carbons (Fsp3) is 0.417. The zero-order chi connectivity index (χ0) is 12.1. The molecule has 0 aliphatic rings. The SMILES string of the molecule is CC(CN)C(=O)N(C)Cc1ccccc1Br.Cl. The summed E-state index contributed by atoms with van der Waals surface area (Å²) in [5, 5.41) is 0. The molecule has 0 saturated heterocycles. The molecule has 0 heterocycles. The number of rotatable bonds is 4. The van der Waals surface area contributed by atoms with Gasteiger partial charge in [0.2, 0.25) is 5.91 Å². The fourth-order valence-corrected chi connectivity index (χ4v) is 1.85. The van der Waals surface area contributed by atoms with Crippen molar-refractivity contribution in [2.75, 3.05) is 13.6 Å². The van der Waals surface area contributed by atoms with Crippen molar-refractivity contribution in [3.63, 3.8) is 0 Å². The molecule has 0 saturated carbocycles. The van der Waals surface area contributed by atoms with Gasteiger partial charge in [0.25, 0.3) is 0 Å². The number of hydrogen-bond acceptors (Lipinski definition) is 2. The van der Waals surface area contributed by atoms with Crippen LogP contribution in [-0.2, 0) is 11.3 Å². The lowest BCUT2D eigenvalue weighted by molar-refractivity contribution is -0.133. The van der Waals surface area contributed by atoms with E-state index < -0.39 is 0 Å². The van der Waals surface area contributed by atoms with E-state index >= 15 is 0 Å². The molecule has 0 fully saturated rings. The van der Waals surface area contributed by atoms with Crippen LogP contribution in [0.25, 0.3) is 0 Å². The summed E-state index contributed by atoms with van der Waals surface area (Å²) in [5.41, 5.74) is 6.58. The Morgan fingerprint density at radius 1 is 1.47 bits per heavy atom. The van der Waals surface area contributed by atoms with Crippen LogP contribution in [0.15, 0.2) is 28.7 Å². The van der Waals surface area contributed by atoms with E-state index in [0.29, 0.717) is 13.1 Å². The number of amides is 1. The molecular weight excluding hydrogens is 304 g/mol. The Bertz CT molecular complexity index is 373. The highest BCUT2D eigenvalue weighted by Gasteiger charge is 2.16. The zero-order valence-corrected chi connectivity index (χ0v) is 12.4. The van der Waals surface area contributed by atoms with Gasteiger partial charge < -0.3 is 10.6 Å². The lowest BCUT2D eigenvalue weighted by Crippen LogP contribution is -2.34. The third kappa shape index (κ3) is 4.66. The maximum atomic E-state index is 11.8. The summed E-state index contributed by atoms with van der Waals surface area (Å²) in [6, 6.07) is 7.89. The van der Waals surface area contributed by atoms with Crippen molar-refractivity contribution in [2.24, 2.45) is 11.7 Å². The number of carbonyl (C=O) groups excluding carboxylic acids is 1. The molecule has 0 aliphatic carbocycles. The monoisotopic (exact) mass is 320 g/mol. The van der Waals surface area contributed by atoms with Gasteiger partial charge in [-0.15, -0.1) is 12.4 Å². The Balaban J connectivity index is 0.00000256. The van der Waals surface area contributed by atoms with E-state index in [-0.39, 0.29) is 24.2 Å². The summed E-state index contributed by atoms with van der Waals surface area (Å²) in [7, 11) is 1.80. The van der Waals surface area contributed by atoms with Gasteiger partial charge >= 0.3 is 0 Å². The van der Waals surface area contributed by atoms with Gasteiger partial charge in [0, 0.05) is 30.5 Å². The summed E-state index contributed by atoms with van der Waals surface area (Å²) in [5.74, 6) is -0.0364. The Hall–Kier alpha value is -0.580. The highest BCUT2D eigenvalue weighted by Crippen LogP contribution is 2.17. The maximum absolute atomic E-state index is 11.8. The van der Waals surface area contributed by atoms with E-state index in [1.807, 2.05) is 31.2 Å². The first-order valence-electron chi connectivity index (χ1n) is 5.24. The van der Waals surface area contributed by atoms with Gasteiger partial charge in [-0.3, -0.25) is 4.79 Å². The summed E-state index contributed by atoms with van der Waals surface area (Å²) in [6.07, 6.45) is 0. The van der Waals surface area contributed by atoms with Crippen LogP contribution in [0.5, 0.6) is 0 Å². The van der Waals surface area contributed by atoms with Crippen molar-refractivity contribution in [3.8, 4) is 0 Å². The molecule has 1 amide bonds. The minimum atomic E-state index is -0.118. The molecule has 2 N–H and O–H groups in total. The number of carbonyl (C=O) groups is 1. The van der Waals surface area contributed by atoms with Gasteiger partial charge in [-0.25, -0.2) is 0 Å². The lowest BCUT2D eigenvalue weighted by Gasteiger charge is -2.21. The number of nitrogens with two attached hydrogens (primary N) is 1. The molecule has 1 unspecified atom stereocenters. The molecule has 3 nitrogen and oxygen atoms in total. The molecule has 0 aliphatic heterocycles. The quantitative estimate of drug-likeness (QED) is 0.926. The van der Waals surface area contributed by atoms with Crippen LogP contribution in [-0.4, -0.2) is 24.4 Å². The van der Waals surface area contributed by atoms with E-state index in [2.05, 4.69) is 15.9 Å². The second-order valence-electron chi connectivity index (χ2n) is 3.92. The van der Waals surface area contributed by atoms with Gasteiger partial charge in [0.05, 0.1) is 0 Å². The van der Waals surface area contributed by atoms with Crippen LogP contribution in [0.1, 0.15) is 12.5 Å². The smallest absolute Gasteiger partial charge is 0.226 e. The predicted molar refractivity (Wildman–Crippen MR) is 76.1 cm³/mol. The minimum absolute atomic E-state index is 0. The number of hydrogen-bond donors (Lipinski definition) is 1. The van der Waals surface area contributed by atoms with Crippen molar-refractivity contribution >= 4 is 34.2 Å². The number of nitrogens with zero attached hydrogens (tertiary/aromatic N) is 1. The highest BCUT2D eigenvalue weighted by molar-refractivity contribution is 9.10. The van der Waals surface area contributed by atoms with Crippen molar-refractivity contribution < 1.29 is 4.79 Å². The topological polar surface area (TPSA) is 46.3 Å². The third-order valence-electron chi connectivity index (χ3n) is 2.52. The molecule has 0 radical (unpaired) electrons. The second-order valence-corrected chi connectivity index (χ2v) is 4.78. The largest absolute Gasteiger partial charge is 0.341 e. The Morgan fingerprint density at radius 2 is 2.06 bits per heavy atom. The number of halogens is 2. The fourth-order valence-electron chi connectivity index (χ4n) is 1.44. The van der Waals surface area contributed by atoms with Crippen LogP contribution in [0, 0.1) is 5.92 Å². The molecule has 0 bridgehead atoms. The zero-order valence-electron chi connectivity index (χ0n) is 10.0. The highest BCUT2D eigenvalue weighted by atomic mass is 79.9. The van der Waals surface area contributed by atoms with Gasteiger partial charge in [-0.1, -0.05) is 41.1 Å². The summed E-state index contributed by atoms with van der Waals surface area (Å²) < 4.78 is 1.02. The normalized spacial score (nSPS) is 11.5. The average molecular weight is 322 g/mol. The summed E-state index contributed by atoms with van der Waals surface area (Å²) in [6.45, 7) is 2.84. The van der Waals surface area contributed by atoms with Gasteiger partial charge in [-0.2, -0.15) is 0 Å². The van der Waals surface area contributed by atoms with Crippen molar-refractivity contribution in [1.82, 2.24) is 4.90 Å². The standard InChI is InChI=1S/C12H17BrN2O.ClH/c1-9(7-14)12(16)15(2)8-10-5-3-4-6-11(10)13;/h3-6,9H,7-8,14H2,1-2H3;1H. The summed E-state index contributed by atoms with van der Waals surface area (Å²) >= 11 is 3.47. The molecule has 1 aromatic rings. The maximum Gasteiger partial charge on any atom is 0.226 e. The van der Waals surface area contributed by atoms with Crippen LogP contribution >= 0.6 is 28.3 Å². The lowest BCUT2D eigenvalue weighted by atomic mass is 10.1. The molecule has 1 atom stereocenters. The van der Waals surface area contributed by atoms with Crippen LogP contribution in [0.2, 0.25) is 0 Å². The average Bonchev–Trinajstić information content (AvgIpc) is 2.30. The van der Waals surface area contributed by atoms with E-state index in [1.54, 1.807) is 11.9 Å². The van der Waals surface area contributed by atoms with Gasteiger partial charge in [0.1, 0.15) is 0 Å². The van der Waals surface area contributed by atoms with Crippen molar-refractivity contribution in [2.45, 2.75) is 13.5 Å². The van der Waals surface area contributed by atoms with Crippen molar-refractivity contribution in [3.05, 3.63) is 34.3 Å².